The van der Waals surface area contributed by atoms with Crippen molar-refractivity contribution in [2.45, 2.75) is 31.1 Å². The van der Waals surface area contributed by atoms with Crippen molar-refractivity contribution < 1.29 is 52.7 Å². The van der Waals surface area contributed by atoms with E-state index in [1.165, 1.54) is 0 Å². The summed E-state index contributed by atoms with van der Waals surface area (Å²) in [5.74, 6) is 0. The van der Waals surface area contributed by atoms with E-state index in [0.29, 0.717) is 18.2 Å². The molecule has 0 aliphatic heterocycles. The third-order valence-corrected chi connectivity index (χ3v) is 3.18. The summed E-state index contributed by atoms with van der Waals surface area (Å²) in [5.41, 5.74) is -9.26. The van der Waals surface area contributed by atoms with Crippen molar-refractivity contribution in [3.63, 3.8) is 0 Å². The van der Waals surface area contributed by atoms with Gasteiger partial charge < -0.3 is 0 Å². The molecule has 1 aromatic rings. The molecule has 1 aromatic carbocycles. The quantitative estimate of drug-likeness (QED) is 0.561. The highest BCUT2D eigenvalue weighted by molar-refractivity contribution is 5.27. The number of hydrogen-bond acceptors (Lipinski definition) is 0. The lowest BCUT2D eigenvalue weighted by molar-refractivity contribution is -0.426. The minimum absolute atomic E-state index is 0.183. The van der Waals surface area contributed by atoms with E-state index in [1.807, 2.05) is 0 Å². The highest BCUT2D eigenvalue weighted by Gasteiger charge is 2.83. The second kappa shape index (κ2) is 5.73. The Morgan fingerprint density at radius 2 is 1.04 bits per heavy atom. The highest BCUT2D eigenvalue weighted by atomic mass is 19.4. The Morgan fingerprint density at radius 3 is 1.38 bits per heavy atom. The summed E-state index contributed by atoms with van der Waals surface area (Å²) in [5, 5.41) is 0. The summed E-state index contributed by atoms with van der Waals surface area (Å²) >= 11 is 0. The SMILES string of the molecule is FC(F)(F)c1cccc(CC(C(F)(F)F)(C(F)(F)F)C(F)(F)F)c1. The molecule has 0 spiro atoms. The van der Waals surface area contributed by atoms with Crippen molar-refractivity contribution in [1.29, 1.82) is 0 Å². The molecule has 0 nitrogen and oxygen atoms in total. The molecule has 24 heavy (non-hydrogen) atoms. The number of hydrogen-bond donors (Lipinski definition) is 0. The van der Waals surface area contributed by atoms with Crippen molar-refractivity contribution in [2.75, 3.05) is 0 Å². The third-order valence-electron chi connectivity index (χ3n) is 3.18. The molecule has 0 atom stereocenters. The zero-order valence-corrected chi connectivity index (χ0v) is 11.1. The van der Waals surface area contributed by atoms with E-state index in [-0.39, 0.29) is 6.07 Å². The lowest BCUT2D eigenvalue weighted by atomic mass is 9.79. The molecule has 138 valence electrons. The smallest absolute Gasteiger partial charge is 0.170 e. The van der Waals surface area contributed by atoms with Crippen LogP contribution in [0.2, 0.25) is 0 Å². The molecule has 0 aromatic heterocycles. The zero-order valence-electron chi connectivity index (χ0n) is 11.1. The minimum Gasteiger partial charge on any atom is -0.170 e. The standard InChI is InChI=1S/C12H6F12/c13-9(14,15)7-3-1-2-6(4-7)5-8(10(16,17)18,11(19,20)21)12(22,23)24/h1-4H,5H2. The summed E-state index contributed by atoms with van der Waals surface area (Å²) in [4.78, 5) is 0. The van der Waals surface area contributed by atoms with Crippen molar-refractivity contribution in [3.8, 4) is 0 Å². The lowest BCUT2D eigenvalue weighted by Gasteiger charge is -2.38. The summed E-state index contributed by atoms with van der Waals surface area (Å²) in [6.45, 7) is 0. The Bertz CT molecular complexity index is 535. The maximum Gasteiger partial charge on any atom is 0.416 e. The molecule has 0 bridgehead atoms. The van der Waals surface area contributed by atoms with E-state index in [0.717, 1.165) is 0 Å². The van der Waals surface area contributed by atoms with Crippen LogP contribution in [0.4, 0.5) is 52.7 Å². The fourth-order valence-electron chi connectivity index (χ4n) is 1.95. The molecule has 0 N–H and O–H groups in total. The molecule has 0 radical (unpaired) electrons. The predicted molar refractivity (Wildman–Crippen MR) is 55.7 cm³/mol. The van der Waals surface area contributed by atoms with Gasteiger partial charge in [-0.15, -0.1) is 0 Å². The molecule has 0 fully saturated rings. The van der Waals surface area contributed by atoms with Gasteiger partial charge in [0.1, 0.15) is 0 Å². The molecule has 0 saturated carbocycles. The van der Waals surface area contributed by atoms with Gasteiger partial charge in [0.15, 0.2) is 0 Å². The van der Waals surface area contributed by atoms with Crippen LogP contribution in [0.25, 0.3) is 0 Å². The van der Waals surface area contributed by atoms with Gasteiger partial charge >= 0.3 is 24.7 Å². The second-order valence-electron chi connectivity index (χ2n) is 4.77. The zero-order chi connectivity index (χ0) is 19.2. The number of rotatable bonds is 2. The van der Waals surface area contributed by atoms with E-state index in [1.54, 1.807) is 0 Å². The van der Waals surface area contributed by atoms with Crippen LogP contribution in [0, 0.1) is 5.41 Å². The van der Waals surface area contributed by atoms with Gasteiger partial charge in [-0.3, -0.25) is 0 Å². The van der Waals surface area contributed by atoms with Gasteiger partial charge in [-0.05, 0) is 11.6 Å². The van der Waals surface area contributed by atoms with Gasteiger partial charge in [-0.2, -0.15) is 52.7 Å². The maximum atomic E-state index is 12.7. The molecule has 0 aliphatic carbocycles. The molecule has 0 amide bonds. The van der Waals surface area contributed by atoms with Crippen LogP contribution in [-0.2, 0) is 12.6 Å². The Kier molecular flexibility index (Phi) is 4.87. The van der Waals surface area contributed by atoms with Crippen molar-refractivity contribution in [3.05, 3.63) is 35.4 Å². The second-order valence-corrected chi connectivity index (χ2v) is 4.77. The summed E-state index contributed by atoms with van der Waals surface area (Å²) in [6, 6.07) is 0.872. The molecule has 0 heterocycles. The van der Waals surface area contributed by atoms with Gasteiger partial charge in [0.2, 0.25) is 0 Å². The molecule has 12 heteroatoms. The van der Waals surface area contributed by atoms with Gasteiger partial charge in [-0.1, -0.05) is 18.2 Å². The van der Waals surface area contributed by atoms with Crippen molar-refractivity contribution >= 4 is 0 Å². The van der Waals surface area contributed by atoms with E-state index < -0.39 is 47.7 Å². The average molecular weight is 378 g/mol. The van der Waals surface area contributed by atoms with Gasteiger partial charge in [-0.25, -0.2) is 0 Å². The lowest BCUT2D eigenvalue weighted by Crippen LogP contribution is -2.60. The van der Waals surface area contributed by atoms with E-state index >= 15 is 0 Å². The van der Waals surface area contributed by atoms with Gasteiger partial charge in [0, 0.05) is 6.42 Å². The topological polar surface area (TPSA) is 0 Å². The first kappa shape index (κ1) is 20.4. The van der Waals surface area contributed by atoms with Gasteiger partial charge in [0.25, 0.3) is 5.41 Å². The van der Waals surface area contributed by atoms with Gasteiger partial charge in [0.05, 0.1) is 5.56 Å². The van der Waals surface area contributed by atoms with E-state index in [4.69, 9.17) is 0 Å². The molecule has 0 aliphatic rings. The van der Waals surface area contributed by atoms with Crippen LogP contribution < -0.4 is 0 Å². The maximum absolute atomic E-state index is 12.7. The number of benzene rings is 1. The van der Waals surface area contributed by atoms with Crippen LogP contribution in [0.5, 0.6) is 0 Å². The molecular weight excluding hydrogens is 372 g/mol. The minimum atomic E-state index is -6.82. The molecule has 0 unspecified atom stereocenters. The molecule has 0 saturated heterocycles. The van der Waals surface area contributed by atoms with Crippen LogP contribution in [0.1, 0.15) is 11.1 Å². The van der Waals surface area contributed by atoms with Crippen molar-refractivity contribution in [2.24, 2.45) is 5.41 Å². The van der Waals surface area contributed by atoms with Crippen LogP contribution in [0.3, 0.4) is 0 Å². The summed E-state index contributed by atoms with van der Waals surface area (Å²) < 4.78 is 152. The number of alkyl halides is 12. The Morgan fingerprint density at radius 1 is 0.625 bits per heavy atom. The monoisotopic (exact) mass is 378 g/mol. The van der Waals surface area contributed by atoms with Crippen LogP contribution >= 0.6 is 0 Å². The van der Waals surface area contributed by atoms with Crippen LogP contribution in [-0.4, -0.2) is 18.5 Å². The summed E-state index contributed by atoms with van der Waals surface area (Å²) in [6.07, 6.45) is -28.4. The Balaban J connectivity index is 3.56. The number of halogens is 12. The van der Waals surface area contributed by atoms with Crippen LogP contribution in [0.15, 0.2) is 24.3 Å². The normalized spacial score (nSPS) is 14.8. The fourth-order valence-corrected chi connectivity index (χ4v) is 1.95. The Hall–Kier alpha value is -1.62. The highest BCUT2D eigenvalue weighted by Crippen LogP contribution is 2.60. The van der Waals surface area contributed by atoms with E-state index in [9.17, 15) is 52.7 Å². The average Bonchev–Trinajstić information content (AvgIpc) is 2.30. The summed E-state index contributed by atoms with van der Waals surface area (Å²) in [7, 11) is 0. The third kappa shape index (κ3) is 3.56. The first-order valence-corrected chi connectivity index (χ1v) is 5.80. The van der Waals surface area contributed by atoms with Crippen molar-refractivity contribution in [1.82, 2.24) is 0 Å². The molecular formula is C12H6F12. The van der Waals surface area contributed by atoms with E-state index in [2.05, 4.69) is 0 Å². The molecule has 1 rings (SSSR count). The first-order valence-electron chi connectivity index (χ1n) is 5.80. The largest absolute Gasteiger partial charge is 0.416 e. The Labute approximate surface area is 126 Å². The predicted octanol–water partition coefficient (Wildman–Crippen LogP) is 5.92. The fraction of sp³-hybridized carbons (Fsp3) is 0.500. The first-order chi connectivity index (χ1) is 10.4.